The van der Waals surface area contributed by atoms with Gasteiger partial charge in [0.25, 0.3) is 0 Å². The molecule has 0 aliphatic rings. The average Bonchev–Trinajstić information content (AvgIpc) is 2.49. The van der Waals surface area contributed by atoms with E-state index in [2.05, 4.69) is 15.3 Å². The minimum absolute atomic E-state index is 0.190. The first-order valence-corrected chi connectivity index (χ1v) is 10.0. The van der Waals surface area contributed by atoms with Gasteiger partial charge in [-0.1, -0.05) is 25.7 Å². The molecule has 12 heteroatoms. The van der Waals surface area contributed by atoms with E-state index in [1.165, 1.54) is 38.5 Å². The largest absolute Gasteiger partial charge is 0.394 e. The normalized spacial score (nSPS) is 10.5. The Balaban J connectivity index is 0. The van der Waals surface area contributed by atoms with E-state index in [1.54, 1.807) is 0 Å². The van der Waals surface area contributed by atoms with Crippen LogP contribution in [0.25, 0.3) is 0 Å². The van der Waals surface area contributed by atoms with Crippen LogP contribution in [0.1, 0.15) is 51.4 Å². The van der Waals surface area contributed by atoms with E-state index in [0.29, 0.717) is 0 Å². The minimum Gasteiger partial charge on any atom is -0.370 e. The fourth-order valence-electron chi connectivity index (χ4n) is 1.97. The van der Waals surface area contributed by atoms with Crippen LogP contribution < -0.4 is 28.3 Å². The molecule has 0 saturated heterocycles. The number of nitrogens with one attached hydrogen (secondary N) is 1. The van der Waals surface area contributed by atoms with E-state index in [-0.39, 0.29) is 11.9 Å². The number of guanidine groups is 2. The van der Waals surface area contributed by atoms with Crippen LogP contribution in [-0.4, -0.2) is 55.6 Å². The molecule has 0 spiro atoms. The van der Waals surface area contributed by atoms with Crippen LogP contribution in [0.5, 0.6) is 0 Å². The molecule has 26 heavy (non-hydrogen) atoms. The van der Waals surface area contributed by atoms with Gasteiger partial charge in [-0.3, -0.25) is 19.1 Å². The van der Waals surface area contributed by atoms with Crippen LogP contribution in [0.2, 0.25) is 0 Å². The third-order valence-corrected chi connectivity index (χ3v) is 3.11. The molecule has 0 bridgehead atoms. The molecule has 0 radical (unpaired) electrons. The van der Waals surface area contributed by atoms with Crippen molar-refractivity contribution in [1.82, 2.24) is 5.32 Å². The van der Waals surface area contributed by atoms with E-state index in [1.807, 2.05) is 0 Å². The van der Waals surface area contributed by atoms with Crippen molar-refractivity contribution >= 4 is 22.3 Å². The van der Waals surface area contributed by atoms with Gasteiger partial charge in [-0.15, -0.1) is 0 Å². The maximum absolute atomic E-state index is 8.74. The van der Waals surface area contributed by atoms with Crippen molar-refractivity contribution in [3.05, 3.63) is 0 Å². The van der Waals surface area contributed by atoms with Gasteiger partial charge in [0.05, 0.1) is 0 Å². The second kappa shape index (κ2) is 18.2. The van der Waals surface area contributed by atoms with Crippen LogP contribution in [0.3, 0.4) is 0 Å². The summed E-state index contributed by atoms with van der Waals surface area (Å²) < 4.78 is 31.6. The second-order valence-electron chi connectivity index (χ2n) is 5.64. The van der Waals surface area contributed by atoms with Crippen LogP contribution in [0, 0.1) is 0 Å². The van der Waals surface area contributed by atoms with Crippen LogP contribution >= 0.6 is 0 Å². The lowest BCUT2D eigenvalue weighted by Crippen LogP contribution is -2.22. The van der Waals surface area contributed by atoms with Crippen molar-refractivity contribution in [2.75, 3.05) is 26.2 Å². The third-order valence-electron chi connectivity index (χ3n) is 3.11. The number of hydrogen-bond acceptors (Lipinski definition) is 5. The third kappa shape index (κ3) is 38.1. The number of rotatable bonds is 14. The molecule has 0 fully saturated rings. The molecule has 0 aliphatic heterocycles. The Bertz CT molecular complexity index is 440. The van der Waals surface area contributed by atoms with Gasteiger partial charge in [-0.05, 0) is 38.8 Å². The van der Waals surface area contributed by atoms with Crippen molar-refractivity contribution in [3.8, 4) is 0 Å². The van der Waals surface area contributed by atoms with Gasteiger partial charge in [0, 0.05) is 13.1 Å². The highest BCUT2D eigenvalue weighted by atomic mass is 32.3. The molecule has 0 atom stereocenters. The first kappa shape index (κ1) is 26.6. The lowest BCUT2D eigenvalue weighted by Gasteiger charge is -2.04. The molecule has 0 aromatic rings. The fraction of sp³-hybridized carbons (Fsp3) is 0.857. The molecular formula is C14H35N7O4S. The van der Waals surface area contributed by atoms with E-state index < -0.39 is 10.4 Å². The quantitative estimate of drug-likeness (QED) is 0.0875. The SMILES string of the molecule is NC(N)=NCCCCCCNCCCCCCN=C(N)N.O=S(=O)(O)O. The molecule has 11 nitrogen and oxygen atoms in total. The molecule has 0 saturated carbocycles. The smallest absolute Gasteiger partial charge is 0.370 e. The van der Waals surface area contributed by atoms with Gasteiger partial charge in [0.2, 0.25) is 0 Å². The van der Waals surface area contributed by atoms with Crippen molar-refractivity contribution in [1.29, 1.82) is 0 Å². The highest BCUT2D eigenvalue weighted by molar-refractivity contribution is 7.79. The molecule has 0 rings (SSSR count). The van der Waals surface area contributed by atoms with Gasteiger partial charge >= 0.3 is 10.4 Å². The molecule has 0 aliphatic carbocycles. The first-order chi connectivity index (χ1) is 12.1. The van der Waals surface area contributed by atoms with Crippen LogP contribution in [0.4, 0.5) is 0 Å². The number of nitrogens with zero attached hydrogens (tertiary/aromatic N) is 2. The highest BCUT2D eigenvalue weighted by Crippen LogP contribution is 2.01. The summed E-state index contributed by atoms with van der Waals surface area (Å²) in [5, 5.41) is 3.47. The molecule has 0 aromatic carbocycles. The minimum atomic E-state index is -4.67. The predicted molar refractivity (Wildman–Crippen MR) is 105 cm³/mol. The monoisotopic (exact) mass is 397 g/mol. The Hall–Kier alpha value is -1.63. The second-order valence-corrected chi connectivity index (χ2v) is 6.54. The van der Waals surface area contributed by atoms with Gasteiger partial charge in [-0.2, -0.15) is 8.42 Å². The van der Waals surface area contributed by atoms with Crippen LogP contribution in [0.15, 0.2) is 9.98 Å². The molecule has 0 amide bonds. The molecule has 0 heterocycles. The summed E-state index contributed by atoms with van der Waals surface area (Å²) in [5.74, 6) is 0.380. The summed E-state index contributed by atoms with van der Waals surface area (Å²) in [6.45, 7) is 3.68. The van der Waals surface area contributed by atoms with Gasteiger partial charge in [0.15, 0.2) is 11.9 Å². The molecule has 11 N–H and O–H groups in total. The van der Waals surface area contributed by atoms with Crippen molar-refractivity contribution in [2.24, 2.45) is 32.9 Å². The van der Waals surface area contributed by atoms with Gasteiger partial charge in [0.1, 0.15) is 0 Å². The summed E-state index contributed by atoms with van der Waals surface area (Å²) in [5.41, 5.74) is 21.0. The summed E-state index contributed by atoms with van der Waals surface area (Å²) in [4.78, 5) is 7.92. The zero-order valence-corrected chi connectivity index (χ0v) is 16.1. The number of nitrogens with two attached hydrogens (primary N) is 4. The van der Waals surface area contributed by atoms with Gasteiger partial charge < -0.3 is 28.3 Å². The van der Waals surface area contributed by atoms with E-state index >= 15 is 0 Å². The van der Waals surface area contributed by atoms with E-state index in [9.17, 15) is 0 Å². The molecule has 0 unspecified atom stereocenters. The topological polar surface area (TPSA) is 215 Å². The summed E-state index contributed by atoms with van der Waals surface area (Å²) in [6, 6.07) is 0. The number of unbranched alkanes of at least 4 members (excludes halogenated alkanes) is 6. The van der Waals surface area contributed by atoms with Crippen molar-refractivity contribution < 1.29 is 17.5 Å². The summed E-state index contributed by atoms with van der Waals surface area (Å²) in [7, 11) is -4.67. The van der Waals surface area contributed by atoms with Crippen molar-refractivity contribution in [2.45, 2.75) is 51.4 Å². The summed E-state index contributed by atoms with van der Waals surface area (Å²) in [6.07, 6.45) is 9.38. The molecule has 156 valence electrons. The zero-order valence-electron chi connectivity index (χ0n) is 15.3. The lowest BCUT2D eigenvalue weighted by atomic mass is 10.2. The first-order valence-electron chi connectivity index (χ1n) is 8.64. The van der Waals surface area contributed by atoms with Crippen LogP contribution in [-0.2, 0) is 10.4 Å². The Kier molecular flexibility index (Phi) is 18.6. The summed E-state index contributed by atoms with van der Waals surface area (Å²) >= 11 is 0. The molecular weight excluding hydrogens is 362 g/mol. The molecule has 0 aromatic heterocycles. The number of hydrogen-bond donors (Lipinski definition) is 7. The van der Waals surface area contributed by atoms with Gasteiger partial charge in [-0.25, -0.2) is 0 Å². The standard InChI is InChI=1S/C14H33N7.H2O4S/c15-13(16)20-11-7-3-1-5-9-19-10-6-2-4-8-12-21-14(17)18;1-5(2,3)4/h19H,1-12H2,(H4,15,16,20)(H4,17,18,21);(H2,1,2,3,4). The van der Waals surface area contributed by atoms with E-state index in [0.717, 1.165) is 39.0 Å². The van der Waals surface area contributed by atoms with E-state index in [4.69, 9.17) is 40.5 Å². The number of aliphatic imine (C=N–C) groups is 2. The van der Waals surface area contributed by atoms with Crippen molar-refractivity contribution in [3.63, 3.8) is 0 Å². The maximum Gasteiger partial charge on any atom is 0.394 e. The lowest BCUT2D eigenvalue weighted by molar-refractivity contribution is 0.381. The average molecular weight is 398 g/mol. The Morgan fingerprint density at radius 3 is 1.31 bits per heavy atom. The Morgan fingerprint density at radius 2 is 1.00 bits per heavy atom. The Morgan fingerprint density at radius 1 is 0.692 bits per heavy atom. The fourth-order valence-corrected chi connectivity index (χ4v) is 1.97. The highest BCUT2D eigenvalue weighted by Gasteiger charge is 1.92. The Labute approximate surface area is 156 Å². The zero-order chi connectivity index (χ0) is 20.3. The predicted octanol–water partition coefficient (Wildman–Crippen LogP) is -0.409. The maximum atomic E-state index is 8.74.